The van der Waals surface area contributed by atoms with Crippen LogP contribution in [-0.4, -0.2) is 13.0 Å². The fourth-order valence-electron chi connectivity index (χ4n) is 0.976. The summed E-state index contributed by atoms with van der Waals surface area (Å²) in [6.07, 6.45) is 1.42. The van der Waals surface area contributed by atoms with Crippen molar-refractivity contribution in [2.75, 3.05) is 0 Å². The fraction of sp³-hybridized carbons (Fsp3) is 0.571. The summed E-state index contributed by atoms with van der Waals surface area (Å²) in [5.74, 6) is 0.847. The smallest absolute Gasteiger partial charge is 0.136 e. The van der Waals surface area contributed by atoms with E-state index in [0.717, 1.165) is 23.4 Å². The molecule has 0 saturated heterocycles. The number of hydrogen-bond donors (Lipinski definition) is 0. The predicted octanol–water partition coefficient (Wildman–Crippen LogP) is 1.21. The highest BCUT2D eigenvalue weighted by Crippen LogP contribution is 2.12. The van der Waals surface area contributed by atoms with Crippen molar-refractivity contribution in [1.82, 2.24) is 5.16 Å². The maximum Gasteiger partial charge on any atom is 0.136 e. The lowest BCUT2D eigenvalue weighted by Crippen LogP contribution is -1.90. The van der Waals surface area contributed by atoms with Gasteiger partial charge in [0.25, 0.3) is 0 Å². The summed E-state index contributed by atoms with van der Waals surface area (Å²) in [5.41, 5.74) is 2.04. The molecule has 0 amide bonds. The molecule has 3 heteroatoms. The molecule has 2 nitrogen and oxygen atoms in total. The summed E-state index contributed by atoms with van der Waals surface area (Å²) in [6, 6.07) is 0. The van der Waals surface area contributed by atoms with Crippen LogP contribution in [0, 0.1) is 6.92 Å². The highest BCUT2D eigenvalue weighted by atomic mass is 16.5. The molecule has 0 aliphatic carbocycles. The molecule has 1 heterocycles. The third-order valence-electron chi connectivity index (χ3n) is 1.61. The number of aryl methyl sites for hydroxylation is 2. The fourth-order valence-corrected chi connectivity index (χ4v) is 0.976. The minimum Gasteiger partial charge on any atom is -0.361 e. The number of nitrogens with zero attached hydrogens (tertiary/aromatic N) is 1. The van der Waals surface area contributed by atoms with E-state index in [1.165, 1.54) is 0 Å². The van der Waals surface area contributed by atoms with Gasteiger partial charge in [-0.15, -0.1) is 0 Å². The second-order valence-corrected chi connectivity index (χ2v) is 2.22. The van der Waals surface area contributed by atoms with E-state index in [9.17, 15) is 0 Å². The Morgan fingerprint density at radius 3 is 2.70 bits per heavy atom. The van der Waals surface area contributed by atoms with E-state index in [4.69, 9.17) is 12.4 Å². The molecule has 0 saturated carbocycles. The van der Waals surface area contributed by atoms with Crippen molar-refractivity contribution in [1.29, 1.82) is 0 Å². The zero-order valence-electron chi connectivity index (χ0n) is 6.35. The van der Waals surface area contributed by atoms with E-state index in [-0.39, 0.29) is 0 Å². The van der Waals surface area contributed by atoms with E-state index < -0.39 is 0 Å². The molecule has 0 unspecified atom stereocenters. The van der Waals surface area contributed by atoms with Crippen molar-refractivity contribution in [2.24, 2.45) is 0 Å². The van der Waals surface area contributed by atoms with Crippen molar-refractivity contribution in [3.63, 3.8) is 0 Å². The van der Waals surface area contributed by atoms with Crippen LogP contribution in [0.25, 0.3) is 0 Å². The number of rotatable bonds is 2. The number of hydrogen-bond acceptors (Lipinski definition) is 2. The van der Waals surface area contributed by atoms with Gasteiger partial charge < -0.3 is 4.52 Å². The second-order valence-electron chi connectivity index (χ2n) is 2.22. The van der Waals surface area contributed by atoms with Crippen molar-refractivity contribution in [3.8, 4) is 0 Å². The van der Waals surface area contributed by atoms with Gasteiger partial charge in [-0.05, 0) is 13.3 Å². The molecular weight excluding hydrogens is 125 g/mol. The van der Waals surface area contributed by atoms with Crippen LogP contribution in [0.3, 0.4) is 0 Å². The first-order valence-electron chi connectivity index (χ1n) is 3.43. The molecule has 1 aromatic heterocycles. The Kier molecular flexibility index (Phi) is 2.15. The summed E-state index contributed by atoms with van der Waals surface area (Å²) in [5, 5.41) is 3.85. The predicted molar refractivity (Wildman–Crippen MR) is 40.1 cm³/mol. The van der Waals surface area contributed by atoms with E-state index in [0.29, 0.717) is 6.32 Å². The van der Waals surface area contributed by atoms with Crippen molar-refractivity contribution < 1.29 is 4.52 Å². The van der Waals surface area contributed by atoms with E-state index in [1.807, 2.05) is 13.8 Å². The van der Waals surface area contributed by atoms with Crippen LogP contribution in [0.2, 0.25) is 0 Å². The van der Waals surface area contributed by atoms with Gasteiger partial charge in [0.15, 0.2) is 0 Å². The Hall–Kier alpha value is -0.725. The van der Waals surface area contributed by atoms with Crippen LogP contribution in [0.5, 0.6) is 0 Å². The van der Waals surface area contributed by atoms with E-state index in [1.54, 1.807) is 0 Å². The van der Waals surface area contributed by atoms with Gasteiger partial charge >= 0.3 is 0 Å². The van der Waals surface area contributed by atoms with Crippen molar-refractivity contribution in [2.45, 2.75) is 26.6 Å². The molecular formula is C7H10BNO. The third-order valence-corrected chi connectivity index (χ3v) is 1.61. The second kappa shape index (κ2) is 2.91. The summed E-state index contributed by atoms with van der Waals surface area (Å²) in [6.45, 7) is 3.92. The molecule has 0 N–H and O–H groups in total. The zero-order valence-corrected chi connectivity index (χ0v) is 6.35. The largest absolute Gasteiger partial charge is 0.361 e. The highest BCUT2D eigenvalue weighted by Gasteiger charge is 2.06. The topological polar surface area (TPSA) is 26.0 Å². The van der Waals surface area contributed by atoms with Crippen molar-refractivity contribution in [3.05, 3.63) is 17.0 Å². The summed E-state index contributed by atoms with van der Waals surface area (Å²) in [7, 11) is 5.47. The molecule has 0 fully saturated rings. The molecule has 0 aliphatic rings. The lowest BCUT2D eigenvalue weighted by Gasteiger charge is -1.92. The van der Waals surface area contributed by atoms with Gasteiger partial charge in [0, 0.05) is 5.56 Å². The summed E-state index contributed by atoms with van der Waals surface area (Å²) in [4.78, 5) is 0. The summed E-state index contributed by atoms with van der Waals surface area (Å²) >= 11 is 0. The Morgan fingerprint density at radius 1 is 1.60 bits per heavy atom. The molecule has 0 aromatic carbocycles. The van der Waals surface area contributed by atoms with Gasteiger partial charge in [-0.1, -0.05) is 18.4 Å². The van der Waals surface area contributed by atoms with Gasteiger partial charge in [0.05, 0.1) is 13.5 Å². The standard InChI is InChI=1S/C7H10BNO/c1-3-7-6(4-8)5(2)10-9-7/h3-4H2,1-2H3. The quantitative estimate of drug-likeness (QED) is 0.569. The first-order chi connectivity index (χ1) is 4.79. The third kappa shape index (κ3) is 1.08. The zero-order chi connectivity index (χ0) is 7.56. The average Bonchev–Trinajstić information content (AvgIpc) is 2.30. The van der Waals surface area contributed by atoms with E-state index >= 15 is 0 Å². The van der Waals surface area contributed by atoms with Gasteiger partial charge in [0.1, 0.15) is 5.76 Å². The van der Waals surface area contributed by atoms with Crippen LogP contribution >= 0.6 is 0 Å². The molecule has 10 heavy (non-hydrogen) atoms. The van der Waals surface area contributed by atoms with Gasteiger partial charge in [-0.3, -0.25) is 0 Å². The van der Waals surface area contributed by atoms with Gasteiger partial charge in [0.2, 0.25) is 0 Å². The maximum atomic E-state index is 5.47. The van der Waals surface area contributed by atoms with Gasteiger partial charge in [-0.2, -0.15) is 0 Å². The first kappa shape index (κ1) is 7.38. The highest BCUT2D eigenvalue weighted by molar-refractivity contribution is 6.08. The van der Waals surface area contributed by atoms with Crippen LogP contribution in [0.4, 0.5) is 0 Å². The normalized spacial score (nSPS) is 10.2. The molecule has 2 radical (unpaired) electrons. The average molecular weight is 135 g/mol. The molecule has 1 aromatic rings. The number of aromatic nitrogens is 1. The lowest BCUT2D eigenvalue weighted by molar-refractivity contribution is 0.390. The maximum absolute atomic E-state index is 5.47. The minimum absolute atomic E-state index is 0.526. The molecule has 0 atom stereocenters. The van der Waals surface area contributed by atoms with Crippen LogP contribution < -0.4 is 0 Å². The van der Waals surface area contributed by atoms with E-state index in [2.05, 4.69) is 5.16 Å². The SMILES string of the molecule is [B]Cc1c(CC)noc1C. The molecule has 0 bridgehead atoms. The monoisotopic (exact) mass is 135 g/mol. The minimum atomic E-state index is 0.526. The summed E-state index contributed by atoms with van der Waals surface area (Å²) < 4.78 is 4.95. The van der Waals surface area contributed by atoms with Crippen LogP contribution in [0.15, 0.2) is 4.52 Å². The van der Waals surface area contributed by atoms with Crippen LogP contribution in [-0.2, 0) is 12.7 Å². The molecule has 52 valence electrons. The Bertz CT molecular complexity index is 219. The molecule has 1 rings (SSSR count). The van der Waals surface area contributed by atoms with Crippen LogP contribution in [0.1, 0.15) is 23.9 Å². The Morgan fingerprint density at radius 2 is 2.30 bits per heavy atom. The Labute approximate surface area is 62.0 Å². The first-order valence-corrected chi connectivity index (χ1v) is 3.43. The molecule has 0 spiro atoms. The molecule has 0 aliphatic heterocycles. The van der Waals surface area contributed by atoms with Crippen molar-refractivity contribution >= 4 is 7.85 Å². The van der Waals surface area contributed by atoms with Gasteiger partial charge in [-0.25, -0.2) is 0 Å². The Balaban J connectivity index is 3.01. The lowest BCUT2D eigenvalue weighted by atomic mass is 9.95.